The summed E-state index contributed by atoms with van der Waals surface area (Å²) in [4.78, 5) is 18.6. The van der Waals surface area contributed by atoms with Crippen molar-refractivity contribution in [2.75, 3.05) is 0 Å². The van der Waals surface area contributed by atoms with E-state index in [0.717, 1.165) is 22.3 Å². The van der Waals surface area contributed by atoms with E-state index in [0.29, 0.717) is 17.4 Å². The fourth-order valence-electron chi connectivity index (χ4n) is 2.18. The van der Waals surface area contributed by atoms with Gasteiger partial charge in [0, 0.05) is 28.0 Å². The van der Waals surface area contributed by atoms with E-state index >= 15 is 0 Å². The molecule has 24 heavy (non-hydrogen) atoms. The lowest BCUT2D eigenvalue weighted by molar-refractivity contribution is -0.125. The normalized spacial score (nSPS) is 12.3. The van der Waals surface area contributed by atoms with Gasteiger partial charge in [-0.25, -0.2) is 9.37 Å². The summed E-state index contributed by atoms with van der Waals surface area (Å²) in [5, 5.41) is 5.80. The maximum atomic E-state index is 12.8. The van der Waals surface area contributed by atoms with Gasteiger partial charge in [-0.2, -0.15) is 0 Å². The second-order valence-corrected chi connectivity index (χ2v) is 6.39. The molecule has 0 aliphatic carbocycles. The number of halogens is 2. The minimum atomic E-state index is -1.53. The Kier molecular flexibility index (Phi) is 5.01. The average molecular weight is 368 g/mol. The molecule has 0 aliphatic rings. The minimum Gasteiger partial charge on any atom is -0.486 e. The van der Waals surface area contributed by atoms with Crippen molar-refractivity contribution >= 4 is 39.7 Å². The Balaban J connectivity index is 1.73. The molecule has 2 N–H and O–H groups in total. The number of rotatable bonds is 6. The van der Waals surface area contributed by atoms with Gasteiger partial charge in [-0.1, -0.05) is 11.6 Å². The lowest BCUT2D eigenvalue weighted by Gasteiger charge is -2.06. The van der Waals surface area contributed by atoms with Crippen molar-refractivity contribution in [3.8, 4) is 5.75 Å². The summed E-state index contributed by atoms with van der Waals surface area (Å²) < 4.78 is 18.5. The molecular weight excluding hydrogens is 353 g/mol. The lowest BCUT2D eigenvalue weighted by Crippen LogP contribution is -2.29. The molecule has 0 aliphatic heterocycles. The first-order chi connectivity index (χ1) is 11.5. The molecule has 0 saturated carbocycles. The SMILES string of the molecule is CC(F)C(=O)NCc1cc2cc(Cl)c(OCc3cscn3)cc2[nH]1. The van der Waals surface area contributed by atoms with Gasteiger partial charge in [-0.3, -0.25) is 4.79 Å². The van der Waals surface area contributed by atoms with Crippen LogP contribution in [0.5, 0.6) is 5.75 Å². The van der Waals surface area contributed by atoms with Gasteiger partial charge in [0.15, 0.2) is 6.17 Å². The molecule has 3 rings (SSSR count). The molecule has 0 saturated heterocycles. The van der Waals surface area contributed by atoms with Crippen LogP contribution in [0, 0.1) is 0 Å². The number of fused-ring (bicyclic) bond motifs is 1. The first-order valence-electron chi connectivity index (χ1n) is 7.25. The molecular formula is C16H15ClFN3O2S. The van der Waals surface area contributed by atoms with Gasteiger partial charge < -0.3 is 15.0 Å². The van der Waals surface area contributed by atoms with Crippen LogP contribution in [0.4, 0.5) is 4.39 Å². The minimum absolute atomic E-state index is 0.217. The van der Waals surface area contributed by atoms with Crippen LogP contribution >= 0.6 is 22.9 Å². The summed E-state index contributed by atoms with van der Waals surface area (Å²) in [5.74, 6) is -0.0917. The van der Waals surface area contributed by atoms with Crippen LogP contribution in [0.1, 0.15) is 18.3 Å². The highest BCUT2D eigenvalue weighted by molar-refractivity contribution is 7.07. The zero-order valence-electron chi connectivity index (χ0n) is 12.8. The Morgan fingerprint density at radius 3 is 3.04 bits per heavy atom. The van der Waals surface area contributed by atoms with Crippen molar-refractivity contribution in [3.63, 3.8) is 0 Å². The number of amides is 1. The Labute approximate surface area is 146 Å². The Morgan fingerprint density at radius 2 is 2.33 bits per heavy atom. The van der Waals surface area contributed by atoms with Crippen LogP contribution in [0.2, 0.25) is 5.02 Å². The molecule has 3 aromatic rings. The first kappa shape index (κ1) is 16.7. The fraction of sp³-hybridized carbons (Fsp3) is 0.250. The highest BCUT2D eigenvalue weighted by Gasteiger charge is 2.12. The van der Waals surface area contributed by atoms with E-state index in [-0.39, 0.29) is 6.54 Å². The average Bonchev–Trinajstić information content (AvgIpc) is 3.19. The van der Waals surface area contributed by atoms with Crippen molar-refractivity contribution in [1.82, 2.24) is 15.3 Å². The van der Waals surface area contributed by atoms with E-state index in [1.165, 1.54) is 18.3 Å². The highest BCUT2D eigenvalue weighted by Crippen LogP contribution is 2.31. The van der Waals surface area contributed by atoms with Gasteiger partial charge in [0.05, 0.1) is 22.8 Å². The van der Waals surface area contributed by atoms with Crippen molar-refractivity contribution in [2.24, 2.45) is 0 Å². The van der Waals surface area contributed by atoms with Crippen molar-refractivity contribution in [2.45, 2.75) is 26.2 Å². The molecule has 5 nitrogen and oxygen atoms in total. The molecule has 1 unspecified atom stereocenters. The number of aromatic nitrogens is 2. The number of nitrogens with zero attached hydrogens (tertiary/aromatic N) is 1. The van der Waals surface area contributed by atoms with E-state index in [9.17, 15) is 9.18 Å². The number of ether oxygens (including phenoxy) is 1. The summed E-state index contributed by atoms with van der Waals surface area (Å²) in [6.45, 7) is 1.76. The Hall–Kier alpha value is -2.12. The topological polar surface area (TPSA) is 67.0 Å². The predicted molar refractivity (Wildman–Crippen MR) is 92.2 cm³/mol. The zero-order valence-corrected chi connectivity index (χ0v) is 14.4. The quantitative estimate of drug-likeness (QED) is 0.695. The zero-order chi connectivity index (χ0) is 17.1. The number of H-pyrrole nitrogens is 1. The largest absolute Gasteiger partial charge is 0.486 e. The van der Waals surface area contributed by atoms with Gasteiger partial charge in [0.1, 0.15) is 12.4 Å². The maximum absolute atomic E-state index is 12.8. The van der Waals surface area contributed by atoms with Gasteiger partial charge in [-0.05, 0) is 19.1 Å². The second-order valence-electron chi connectivity index (χ2n) is 5.27. The van der Waals surface area contributed by atoms with Crippen LogP contribution < -0.4 is 10.1 Å². The van der Waals surface area contributed by atoms with Gasteiger partial charge in [0.2, 0.25) is 0 Å². The van der Waals surface area contributed by atoms with E-state index in [4.69, 9.17) is 16.3 Å². The van der Waals surface area contributed by atoms with Gasteiger partial charge in [-0.15, -0.1) is 11.3 Å². The molecule has 1 aromatic carbocycles. The number of thiazole rings is 1. The standard InChI is InChI=1S/C16H15ClFN3O2S/c1-9(18)16(22)19-5-11-2-10-3-13(17)15(4-14(10)21-11)23-6-12-7-24-8-20-12/h2-4,7-9,21H,5-6H2,1H3,(H,19,22). The first-order valence-corrected chi connectivity index (χ1v) is 8.58. The predicted octanol–water partition coefficient (Wildman–Crippen LogP) is 3.83. The maximum Gasteiger partial charge on any atom is 0.254 e. The third-order valence-electron chi connectivity index (χ3n) is 3.40. The highest BCUT2D eigenvalue weighted by atomic mass is 35.5. The molecule has 8 heteroatoms. The Bertz CT molecular complexity index is 849. The summed E-state index contributed by atoms with van der Waals surface area (Å²) in [6, 6.07) is 5.44. The van der Waals surface area contributed by atoms with Crippen molar-refractivity contribution < 1.29 is 13.9 Å². The number of alkyl halides is 1. The second kappa shape index (κ2) is 7.19. The summed E-state index contributed by atoms with van der Waals surface area (Å²) in [5.41, 5.74) is 4.16. The summed E-state index contributed by atoms with van der Waals surface area (Å²) >= 11 is 7.75. The lowest BCUT2D eigenvalue weighted by atomic mass is 10.2. The number of aromatic amines is 1. The number of benzene rings is 1. The molecule has 1 amide bonds. The third kappa shape index (κ3) is 3.85. The van der Waals surface area contributed by atoms with Crippen LogP contribution in [0.25, 0.3) is 10.9 Å². The van der Waals surface area contributed by atoms with Gasteiger partial charge >= 0.3 is 0 Å². The van der Waals surface area contributed by atoms with Crippen molar-refractivity contribution in [3.05, 3.63) is 45.5 Å². The molecule has 0 bridgehead atoms. The van der Waals surface area contributed by atoms with Crippen LogP contribution in [-0.4, -0.2) is 22.0 Å². The molecule has 2 aromatic heterocycles. The van der Waals surface area contributed by atoms with Gasteiger partial charge in [0.25, 0.3) is 5.91 Å². The van der Waals surface area contributed by atoms with E-state index in [1.807, 2.05) is 11.4 Å². The monoisotopic (exact) mass is 367 g/mol. The third-order valence-corrected chi connectivity index (χ3v) is 4.33. The fourth-order valence-corrected chi connectivity index (χ4v) is 2.95. The van der Waals surface area contributed by atoms with Crippen LogP contribution in [-0.2, 0) is 17.9 Å². The smallest absolute Gasteiger partial charge is 0.254 e. The summed E-state index contributed by atoms with van der Waals surface area (Å²) in [6.07, 6.45) is -1.53. The number of carbonyl (C=O) groups is 1. The van der Waals surface area contributed by atoms with E-state index in [2.05, 4.69) is 15.3 Å². The molecule has 0 radical (unpaired) electrons. The van der Waals surface area contributed by atoms with E-state index in [1.54, 1.807) is 17.6 Å². The molecule has 126 valence electrons. The summed E-state index contributed by atoms with van der Waals surface area (Å²) in [7, 11) is 0. The van der Waals surface area contributed by atoms with Crippen LogP contribution in [0.15, 0.2) is 29.1 Å². The molecule has 2 heterocycles. The number of nitrogens with one attached hydrogen (secondary N) is 2. The van der Waals surface area contributed by atoms with Crippen LogP contribution in [0.3, 0.4) is 0 Å². The molecule has 0 spiro atoms. The Morgan fingerprint density at radius 1 is 1.50 bits per heavy atom. The number of carbonyl (C=O) groups excluding carboxylic acids is 1. The molecule has 0 fully saturated rings. The van der Waals surface area contributed by atoms with Crippen molar-refractivity contribution in [1.29, 1.82) is 0 Å². The number of hydrogen-bond acceptors (Lipinski definition) is 4. The molecule has 1 atom stereocenters. The number of hydrogen-bond donors (Lipinski definition) is 2. The van der Waals surface area contributed by atoms with E-state index < -0.39 is 12.1 Å².